The third kappa shape index (κ3) is 3.50. The molecule has 0 amide bonds. The Morgan fingerprint density at radius 1 is 1.15 bits per heavy atom. The maximum absolute atomic E-state index is 11.0. The lowest BCUT2D eigenvalue weighted by molar-refractivity contribution is -0.384. The summed E-state index contributed by atoms with van der Waals surface area (Å²) in [7, 11) is 0. The summed E-state index contributed by atoms with van der Waals surface area (Å²) in [6.07, 6.45) is 1.75. The van der Waals surface area contributed by atoms with E-state index in [9.17, 15) is 10.1 Å². The van der Waals surface area contributed by atoms with Gasteiger partial charge in [-0.25, -0.2) is 4.98 Å². The van der Waals surface area contributed by atoms with Crippen LogP contribution in [0.3, 0.4) is 0 Å². The molecule has 26 heavy (non-hydrogen) atoms. The zero-order valence-corrected chi connectivity index (χ0v) is 14.9. The van der Waals surface area contributed by atoms with Crippen LogP contribution in [0.2, 0.25) is 0 Å². The molecule has 0 aliphatic carbocycles. The normalized spacial score (nSPS) is 14.0. The molecule has 0 bridgehead atoms. The Bertz CT molecular complexity index is 902. The zero-order valence-electron chi connectivity index (χ0n) is 14.9. The Morgan fingerprint density at radius 3 is 2.65 bits per heavy atom. The van der Waals surface area contributed by atoms with Gasteiger partial charge in [0.05, 0.1) is 10.4 Å². The van der Waals surface area contributed by atoms with Crippen molar-refractivity contribution in [2.24, 2.45) is 0 Å². The SMILES string of the molecule is CC.O=[N+]([O-])c1ccc2[nH]nc(-c3ccnc(N4CCNCC4)c3)c2c1. The van der Waals surface area contributed by atoms with Crippen LogP contribution in [-0.4, -0.2) is 46.3 Å². The zero-order chi connectivity index (χ0) is 18.5. The molecule has 1 aromatic carbocycles. The smallest absolute Gasteiger partial charge is 0.270 e. The second kappa shape index (κ2) is 7.92. The number of nitrogens with zero attached hydrogens (tertiary/aromatic N) is 4. The van der Waals surface area contributed by atoms with Crippen molar-refractivity contribution >= 4 is 22.4 Å². The number of anilines is 1. The molecule has 4 rings (SSSR count). The van der Waals surface area contributed by atoms with E-state index >= 15 is 0 Å². The monoisotopic (exact) mass is 354 g/mol. The molecule has 0 radical (unpaired) electrons. The maximum Gasteiger partial charge on any atom is 0.270 e. The van der Waals surface area contributed by atoms with Crippen molar-refractivity contribution in [3.63, 3.8) is 0 Å². The highest BCUT2D eigenvalue weighted by Crippen LogP contribution is 2.30. The predicted molar refractivity (Wildman–Crippen MR) is 102 cm³/mol. The maximum atomic E-state index is 11.0. The standard InChI is InChI=1S/C16H16N6O2.C2H6/c23-22(24)12-1-2-14-13(10-12)16(20-19-14)11-3-4-18-15(9-11)21-7-5-17-6-8-21;1-2/h1-4,9-10,17H,5-8H2,(H,19,20);1-2H3. The first kappa shape index (κ1) is 17.8. The molecule has 1 fully saturated rings. The Hall–Kier alpha value is -3.00. The summed E-state index contributed by atoms with van der Waals surface area (Å²) in [6.45, 7) is 7.68. The van der Waals surface area contributed by atoms with Crippen molar-refractivity contribution in [2.45, 2.75) is 13.8 Å². The second-order valence-corrected chi connectivity index (χ2v) is 5.70. The highest BCUT2D eigenvalue weighted by molar-refractivity contribution is 5.94. The number of nitrogens with one attached hydrogen (secondary N) is 2. The number of hydrogen-bond acceptors (Lipinski definition) is 6. The van der Waals surface area contributed by atoms with Gasteiger partial charge in [0.1, 0.15) is 11.5 Å². The number of nitro groups is 1. The molecule has 3 aromatic rings. The Kier molecular flexibility index (Phi) is 5.43. The lowest BCUT2D eigenvalue weighted by Crippen LogP contribution is -2.43. The average Bonchev–Trinajstić information content (AvgIpc) is 3.13. The fourth-order valence-corrected chi connectivity index (χ4v) is 2.97. The number of aromatic amines is 1. The van der Waals surface area contributed by atoms with E-state index in [0.29, 0.717) is 5.69 Å². The van der Waals surface area contributed by atoms with Crippen molar-refractivity contribution in [1.82, 2.24) is 20.5 Å². The fraction of sp³-hybridized carbons (Fsp3) is 0.333. The van der Waals surface area contributed by atoms with Crippen LogP contribution in [0.25, 0.3) is 22.2 Å². The fourth-order valence-electron chi connectivity index (χ4n) is 2.97. The average molecular weight is 354 g/mol. The van der Waals surface area contributed by atoms with E-state index in [1.807, 2.05) is 26.0 Å². The lowest BCUT2D eigenvalue weighted by Gasteiger charge is -2.28. The third-order valence-electron chi connectivity index (χ3n) is 4.22. The first-order valence-electron chi connectivity index (χ1n) is 8.77. The second-order valence-electron chi connectivity index (χ2n) is 5.70. The topological polar surface area (TPSA) is 100.0 Å². The van der Waals surface area contributed by atoms with Gasteiger partial charge in [0, 0.05) is 55.5 Å². The number of nitro benzene ring substituents is 1. The van der Waals surface area contributed by atoms with Gasteiger partial charge in [-0.2, -0.15) is 5.10 Å². The van der Waals surface area contributed by atoms with Crippen LogP contribution < -0.4 is 10.2 Å². The molecule has 0 atom stereocenters. The summed E-state index contributed by atoms with van der Waals surface area (Å²) < 4.78 is 0. The van der Waals surface area contributed by atoms with Crippen LogP contribution in [0.1, 0.15) is 13.8 Å². The molecule has 1 aliphatic heterocycles. The van der Waals surface area contributed by atoms with E-state index in [1.165, 1.54) is 6.07 Å². The number of aromatic nitrogens is 3. The largest absolute Gasteiger partial charge is 0.354 e. The van der Waals surface area contributed by atoms with Crippen LogP contribution in [0.5, 0.6) is 0 Å². The molecular weight excluding hydrogens is 332 g/mol. The quantitative estimate of drug-likeness (QED) is 0.554. The summed E-state index contributed by atoms with van der Waals surface area (Å²) >= 11 is 0. The first-order valence-corrected chi connectivity index (χ1v) is 8.77. The number of benzene rings is 1. The number of pyridine rings is 1. The van der Waals surface area contributed by atoms with E-state index in [1.54, 1.807) is 18.3 Å². The molecule has 3 heterocycles. The molecular formula is C18H22N6O2. The van der Waals surface area contributed by atoms with Crippen molar-refractivity contribution in [3.8, 4) is 11.3 Å². The Balaban J connectivity index is 0.000000948. The number of rotatable bonds is 3. The Morgan fingerprint density at radius 2 is 1.92 bits per heavy atom. The number of non-ortho nitro benzene ring substituents is 1. The van der Waals surface area contributed by atoms with Gasteiger partial charge in [0.25, 0.3) is 5.69 Å². The highest BCUT2D eigenvalue weighted by Gasteiger charge is 2.16. The van der Waals surface area contributed by atoms with Gasteiger partial charge in [-0.05, 0) is 18.2 Å². The van der Waals surface area contributed by atoms with E-state index in [2.05, 4.69) is 25.4 Å². The summed E-state index contributed by atoms with van der Waals surface area (Å²) in [5.74, 6) is 0.899. The van der Waals surface area contributed by atoms with Gasteiger partial charge in [0.2, 0.25) is 0 Å². The van der Waals surface area contributed by atoms with Crippen LogP contribution in [0, 0.1) is 10.1 Å². The minimum atomic E-state index is -0.394. The van der Waals surface area contributed by atoms with Gasteiger partial charge in [-0.15, -0.1) is 0 Å². The molecule has 2 N–H and O–H groups in total. The number of piperazine rings is 1. The number of fused-ring (bicyclic) bond motifs is 1. The third-order valence-corrected chi connectivity index (χ3v) is 4.22. The molecule has 136 valence electrons. The Labute approximate surface area is 151 Å². The summed E-state index contributed by atoms with van der Waals surface area (Å²) in [5.41, 5.74) is 2.43. The highest BCUT2D eigenvalue weighted by atomic mass is 16.6. The molecule has 1 saturated heterocycles. The van der Waals surface area contributed by atoms with Gasteiger partial charge in [0.15, 0.2) is 0 Å². The van der Waals surface area contributed by atoms with E-state index < -0.39 is 4.92 Å². The number of H-pyrrole nitrogens is 1. The molecule has 8 nitrogen and oxygen atoms in total. The van der Waals surface area contributed by atoms with Gasteiger partial charge >= 0.3 is 0 Å². The lowest BCUT2D eigenvalue weighted by atomic mass is 10.1. The predicted octanol–water partition coefficient (Wildman–Crippen LogP) is 2.97. The number of hydrogen-bond donors (Lipinski definition) is 2. The van der Waals surface area contributed by atoms with Crippen LogP contribution in [-0.2, 0) is 0 Å². The van der Waals surface area contributed by atoms with Crippen molar-refractivity contribution in [1.29, 1.82) is 0 Å². The van der Waals surface area contributed by atoms with Gasteiger partial charge < -0.3 is 10.2 Å². The first-order chi connectivity index (χ1) is 12.7. The van der Waals surface area contributed by atoms with Crippen LogP contribution in [0.4, 0.5) is 11.5 Å². The minimum absolute atomic E-state index is 0.0570. The minimum Gasteiger partial charge on any atom is -0.354 e. The van der Waals surface area contributed by atoms with Crippen molar-refractivity contribution in [3.05, 3.63) is 46.6 Å². The molecule has 0 spiro atoms. The van der Waals surface area contributed by atoms with Crippen molar-refractivity contribution in [2.75, 3.05) is 31.1 Å². The van der Waals surface area contributed by atoms with E-state index in [0.717, 1.165) is 48.5 Å². The van der Waals surface area contributed by atoms with E-state index in [4.69, 9.17) is 0 Å². The van der Waals surface area contributed by atoms with Gasteiger partial charge in [-0.1, -0.05) is 13.8 Å². The summed E-state index contributed by atoms with van der Waals surface area (Å²) in [4.78, 5) is 17.3. The molecule has 0 unspecified atom stereocenters. The molecule has 1 aliphatic rings. The van der Waals surface area contributed by atoms with Gasteiger partial charge in [-0.3, -0.25) is 15.2 Å². The molecule has 8 heteroatoms. The van der Waals surface area contributed by atoms with E-state index in [-0.39, 0.29) is 5.69 Å². The summed E-state index contributed by atoms with van der Waals surface area (Å²) in [5, 5.41) is 22.4. The van der Waals surface area contributed by atoms with Crippen LogP contribution in [0.15, 0.2) is 36.5 Å². The van der Waals surface area contributed by atoms with Crippen LogP contribution >= 0.6 is 0 Å². The summed E-state index contributed by atoms with van der Waals surface area (Å²) in [6, 6.07) is 8.57. The van der Waals surface area contributed by atoms with Crippen molar-refractivity contribution < 1.29 is 4.92 Å². The molecule has 0 saturated carbocycles. The molecule has 2 aromatic heterocycles.